The third-order valence-electron chi connectivity index (χ3n) is 4.82. The van der Waals surface area contributed by atoms with Crippen LogP contribution >= 0.6 is 0 Å². The van der Waals surface area contributed by atoms with Crippen LogP contribution in [0.3, 0.4) is 0 Å². The van der Waals surface area contributed by atoms with Crippen molar-refractivity contribution in [1.82, 2.24) is 0 Å². The van der Waals surface area contributed by atoms with Crippen LogP contribution < -0.4 is 9.62 Å². The van der Waals surface area contributed by atoms with E-state index < -0.39 is 10.0 Å². The molecule has 0 aromatic heterocycles. The number of fused-ring (bicyclic) bond motifs is 1. The number of rotatable bonds is 4. The second kappa shape index (κ2) is 5.88. The van der Waals surface area contributed by atoms with Crippen LogP contribution in [0.15, 0.2) is 47.4 Å². The molecule has 2 aliphatic rings. The van der Waals surface area contributed by atoms with Crippen molar-refractivity contribution in [2.45, 2.75) is 37.0 Å². The Morgan fingerprint density at radius 2 is 1.96 bits per heavy atom. The van der Waals surface area contributed by atoms with Crippen molar-refractivity contribution in [2.75, 3.05) is 16.2 Å². The monoisotopic (exact) mass is 356 g/mol. The van der Waals surface area contributed by atoms with Gasteiger partial charge in [-0.15, -0.1) is 0 Å². The Morgan fingerprint density at radius 3 is 2.68 bits per heavy atom. The lowest BCUT2D eigenvalue weighted by atomic mass is 10.1. The third kappa shape index (κ3) is 3.14. The Bertz CT molecular complexity index is 949. The minimum atomic E-state index is -3.65. The van der Waals surface area contributed by atoms with Crippen LogP contribution in [0.4, 0.5) is 11.4 Å². The zero-order valence-electron chi connectivity index (χ0n) is 14.0. The molecule has 1 aliphatic heterocycles. The van der Waals surface area contributed by atoms with Crippen LogP contribution in [-0.4, -0.2) is 20.9 Å². The molecule has 2 aromatic rings. The molecule has 5 nitrogen and oxygen atoms in total. The Morgan fingerprint density at radius 1 is 1.16 bits per heavy atom. The molecule has 0 radical (unpaired) electrons. The fraction of sp³-hybridized carbons (Fsp3) is 0.316. The number of amides is 1. The average molecular weight is 356 g/mol. The average Bonchev–Trinajstić information content (AvgIpc) is 3.33. The van der Waals surface area contributed by atoms with Crippen LogP contribution in [0.5, 0.6) is 0 Å². The van der Waals surface area contributed by atoms with Crippen molar-refractivity contribution in [2.24, 2.45) is 0 Å². The van der Waals surface area contributed by atoms with Gasteiger partial charge in [0.05, 0.1) is 4.90 Å². The maximum absolute atomic E-state index is 12.7. The van der Waals surface area contributed by atoms with E-state index in [4.69, 9.17) is 0 Å². The minimum absolute atomic E-state index is 0.0237. The molecule has 0 spiro atoms. The van der Waals surface area contributed by atoms with E-state index in [1.54, 1.807) is 29.2 Å². The first kappa shape index (κ1) is 16.1. The SMILES string of the molecule is CC(=O)N1CCc2cc(S(=O)(=O)Nc3cccc(C4CC4)c3)ccc21. The second-order valence-electron chi connectivity index (χ2n) is 6.72. The van der Waals surface area contributed by atoms with E-state index in [1.165, 1.54) is 25.3 Å². The van der Waals surface area contributed by atoms with Gasteiger partial charge in [0.2, 0.25) is 5.91 Å². The van der Waals surface area contributed by atoms with E-state index in [2.05, 4.69) is 4.72 Å². The van der Waals surface area contributed by atoms with E-state index >= 15 is 0 Å². The zero-order chi connectivity index (χ0) is 17.6. The number of nitrogens with one attached hydrogen (secondary N) is 1. The number of hydrogen-bond donors (Lipinski definition) is 1. The molecule has 1 saturated carbocycles. The van der Waals surface area contributed by atoms with Crippen LogP contribution in [0.2, 0.25) is 0 Å². The Hall–Kier alpha value is -2.34. The molecular formula is C19H20N2O3S. The molecule has 1 heterocycles. The maximum atomic E-state index is 12.7. The largest absolute Gasteiger partial charge is 0.312 e. The highest BCUT2D eigenvalue weighted by Crippen LogP contribution is 2.40. The first-order valence-corrected chi connectivity index (χ1v) is 9.96. The summed E-state index contributed by atoms with van der Waals surface area (Å²) in [7, 11) is -3.65. The number of benzene rings is 2. The van der Waals surface area contributed by atoms with Gasteiger partial charge in [-0.1, -0.05) is 12.1 Å². The highest BCUT2D eigenvalue weighted by atomic mass is 32.2. The number of carbonyl (C=O) groups excluding carboxylic acids is 1. The normalized spacial score (nSPS) is 16.6. The summed E-state index contributed by atoms with van der Waals surface area (Å²) in [6, 6.07) is 12.6. The van der Waals surface area contributed by atoms with Gasteiger partial charge in [0.15, 0.2) is 0 Å². The molecule has 0 unspecified atom stereocenters. The van der Waals surface area contributed by atoms with Crippen LogP contribution in [0.1, 0.15) is 36.8 Å². The molecule has 130 valence electrons. The van der Waals surface area contributed by atoms with Gasteiger partial charge in [0, 0.05) is 24.8 Å². The Balaban J connectivity index is 1.60. The van der Waals surface area contributed by atoms with E-state index in [0.717, 1.165) is 11.3 Å². The highest BCUT2D eigenvalue weighted by molar-refractivity contribution is 7.92. The lowest BCUT2D eigenvalue weighted by Crippen LogP contribution is -2.25. The third-order valence-corrected chi connectivity index (χ3v) is 6.20. The molecule has 2 aromatic carbocycles. The van der Waals surface area contributed by atoms with Gasteiger partial charge in [-0.2, -0.15) is 0 Å². The summed E-state index contributed by atoms with van der Waals surface area (Å²) in [5.41, 5.74) is 3.48. The lowest BCUT2D eigenvalue weighted by molar-refractivity contribution is -0.116. The van der Waals surface area contributed by atoms with Crippen LogP contribution in [0.25, 0.3) is 0 Å². The molecule has 1 aliphatic carbocycles. The summed E-state index contributed by atoms with van der Waals surface area (Å²) in [6.45, 7) is 2.12. The van der Waals surface area contributed by atoms with Gasteiger partial charge in [0.25, 0.3) is 10.0 Å². The number of sulfonamides is 1. The molecule has 6 heteroatoms. The summed E-state index contributed by atoms with van der Waals surface area (Å²) in [4.78, 5) is 13.5. The maximum Gasteiger partial charge on any atom is 0.261 e. The van der Waals surface area contributed by atoms with E-state index in [1.807, 2.05) is 18.2 Å². The number of nitrogens with zero attached hydrogens (tertiary/aromatic N) is 1. The predicted octanol–water partition coefficient (Wildman–Crippen LogP) is 3.27. The molecule has 4 rings (SSSR count). The van der Waals surface area contributed by atoms with Gasteiger partial charge in [-0.05, 0) is 66.6 Å². The van der Waals surface area contributed by atoms with Crippen LogP contribution in [0, 0.1) is 0 Å². The van der Waals surface area contributed by atoms with Crippen molar-refractivity contribution >= 4 is 27.3 Å². The predicted molar refractivity (Wildman–Crippen MR) is 97.4 cm³/mol. The summed E-state index contributed by atoms with van der Waals surface area (Å²) in [5.74, 6) is 0.548. The number of anilines is 2. The van der Waals surface area contributed by atoms with E-state index in [-0.39, 0.29) is 10.8 Å². The summed E-state index contributed by atoms with van der Waals surface area (Å²) in [5, 5.41) is 0. The van der Waals surface area contributed by atoms with Crippen molar-refractivity contribution in [3.63, 3.8) is 0 Å². The molecule has 0 saturated heterocycles. The van der Waals surface area contributed by atoms with Crippen molar-refractivity contribution < 1.29 is 13.2 Å². The van der Waals surface area contributed by atoms with E-state index in [9.17, 15) is 13.2 Å². The first-order valence-electron chi connectivity index (χ1n) is 8.48. The molecule has 25 heavy (non-hydrogen) atoms. The van der Waals surface area contributed by atoms with Gasteiger partial charge < -0.3 is 4.90 Å². The molecule has 1 N–H and O–H groups in total. The molecule has 0 bridgehead atoms. The van der Waals surface area contributed by atoms with E-state index in [0.29, 0.717) is 24.6 Å². The van der Waals surface area contributed by atoms with Crippen LogP contribution in [-0.2, 0) is 21.2 Å². The Kier molecular flexibility index (Phi) is 3.80. The molecule has 0 atom stereocenters. The molecule has 1 fully saturated rings. The molecule has 1 amide bonds. The zero-order valence-corrected chi connectivity index (χ0v) is 14.8. The minimum Gasteiger partial charge on any atom is -0.312 e. The fourth-order valence-corrected chi connectivity index (χ4v) is 4.46. The number of hydrogen-bond acceptors (Lipinski definition) is 3. The first-order chi connectivity index (χ1) is 11.9. The number of carbonyl (C=O) groups is 1. The lowest BCUT2D eigenvalue weighted by Gasteiger charge is -2.15. The van der Waals surface area contributed by atoms with Gasteiger partial charge in [-0.3, -0.25) is 9.52 Å². The standard InChI is InChI=1S/C19H20N2O3S/c1-13(22)21-10-9-16-12-18(7-8-19(16)21)25(23,24)20-17-4-2-3-15(11-17)14-5-6-14/h2-4,7-8,11-12,14,20H,5-6,9-10H2,1H3. The Labute approximate surface area is 147 Å². The van der Waals surface area contributed by atoms with Crippen molar-refractivity contribution in [3.8, 4) is 0 Å². The fourth-order valence-electron chi connectivity index (χ4n) is 3.36. The smallest absolute Gasteiger partial charge is 0.261 e. The highest BCUT2D eigenvalue weighted by Gasteiger charge is 2.26. The second-order valence-corrected chi connectivity index (χ2v) is 8.40. The summed E-state index contributed by atoms with van der Waals surface area (Å²) in [6.07, 6.45) is 3.02. The molecular weight excluding hydrogens is 336 g/mol. The van der Waals surface area contributed by atoms with Crippen molar-refractivity contribution in [3.05, 3.63) is 53.6 Å². The van der Waals surface area contributed by atoms with Gasteiger partial charge in [-0.25, -0.2) is 8.42 Å². The van der Waals surface area contributed by atoms with Gasteiger partial charge >= 0.3 is 0 Å². The summed E-state index contributed by atoms with van der Waals surface area (Å²) < 4.78 is 28.1. The topological polar surface area (TPSA) is 66.5 Å². The van der Waals surface area contributed by atoms with Crippen molar-refractivity contribution in [1.29, 1.82) is 0 Å². The quantitative estimate of drug-likeness (QED) is 0.914. The van der Waals surface area contributed by atoms with Gasteiger partial charge in [0.1, 0.15) is 0 Å². The summed E-state index contributed by atoms with van der Waals surface area (Å²) >= 11 is 0.